The van der Waals surface area contributed by atoms with Crippen molar-refractivity contribution in [1.82, 2.24) is 5.32 Å². The summed E-state index contributed by atoms with van der Waals surface area (Å²) in [5.41, 5.74) is 8.90. The van der Waals surface area contributed by atoms with E-state index in [4.69, 9.17) is 31.5 Å². The Morgan fingerprint density at radius 1 is 0.857 bits per heavy atom. The topological polar surface area (TPSA) is 126 Å². The lowest BCUT2D eigenvalue weighted by Crippen LogP contribution is -2.32. The number of fused-ring (bicyclic) bond motifs is 2. The van der Waals surface area contributed by atoms with Gasteiger partial charge >= 0.3 is 11.9 Å². The lowest BCUT2D eigenvalue weighted by Gasteiger charge is -2.27. The molecule has 2 aliphatic heterocycles. The Labute approximate surface area is 258 Å². The molecule has 0 saturated heterocycles. The Bertz CT molecular complexity index is 1380. The maximum atomic E-state index is 12.5. The molecule has 0 spiro atoms. The number of nitrogens with one attached hydrogen (secondary N) is 1. The van der Waals surface area contributed by atoms with Gasteiger partial charge in [0, 0.05) is 30.0 Å². The molecule has 0 bridgehead atoms. The molecule has 2 aliphatic rings. The fourth-order valence-corrected chi connectivity index (χ4v) is 4.56. The molecular weight excluding hydrogens is 583 g/mol. The van der Waals surface area contributed by atoms with E-state index in [2.05, 4.69) is 10.1 Å². The van der Waals surface area contributed by atoms with Crippen molar-refractivity contribution in [3.63, 3.8) is 0 Å². The van der Waals surface area contributed by atoms with E-state index in [9.17, 15) is 14.4 Å². The van der Waals surface area contributed by atoms with E-state index in [0.29, 0.717) is 47.1 Å². The largest absolute Gasteiger partial charge is 0.493 e. The van der Waals surface area contributed by atoms with Crippen LogP contribution in [0.2, 0.25) is 5.02 Å². The number of benzene rings is 3. The molecule has 11 heteroatoms. The zero-order chi connectivity index (χ0) is 27.9. The summed E-state index contributed by atoms with van der Waals surface area (Å²) in [6.45, 7) is 1.11. The van der Waals surface area contributed by atoms with Crippen molar-refractivity contribution in [3.8, 4) is 11.5 Å². The van der Waals surface area contributed by atoms with Crippen LogP contribution < -0.4 is 20.5 Å². The van der Waals surface area contributed by atoms with Crippen molar-refractivity contribution < 1.29 is 33.3 Å². The number of halogens is 2. The van der Waals surface area contributed by atoms with E-state index in [-0.39, 0.29) is 51.2 Å². The van der Waals surface area contributed by atoms with Gasteiger partial charge in [-0.05, 0) is 48.5 Å². The smallest absolute Gasteiger partial charge is 0.337 e. The second-order valence-electron chi connectivity index (χ2n) is 8.88. The number of hydrogen-bond acceptors (Lipinski definition) is 8. The average Bonchev–Trinajstić information content (AvgIpc) is 2.97. The van der Waals surface area contributed by atoms with E-state index in [1.54, 1.807) is 60.7 Å². The summed E-state index contributed by atoms with van der Waals surface area (Å²) < 4.78 is 20.4. The molecule has 228 valence electrons. The molecule has 2 atom stereocenters. The highest BCUT2D eigenvalue weighted by Gasteiger charge is 2.25. The predicted octanol–water partition coefficient (Wildman–Crippen LogP) is 6.14. The van der Waals surface area contributed by atoms with Crippen LogP contribution in [0.1, 0.15) is 74.6 Å². The standard InChI is InChI=1S/C18H16ClNO4.C11H13NO3.CH4.CH3.ClH/c1-23-18(22)11-6-7-16-13(10-11)15(8-9-24-16)20-17(21)12-4-2-3-5-14(12)19;1-14-11(13)7-2-3-10-8(6-7)9(12)4-5-15-10;;;/h2-7,10,15H,8-9H2,1H3,(H,20,21);2-3,6,9H,4-5,12H2,1H3;1H4;1H3;1H/q;;;-1;/t15-;9-;;;/m11.../s1. The summed E-state index contributed by atoms with van der Waals surface area (Å²) in [4.78, 5) is 35.5. The third kappa shape index (κ3) is 8.38. The Hall–Kier alpha value is -3.79. The maximum absolute atomic E-state index is 12.5. The van der Waals surface area contributed by atoms with E-state index in [0.717, 1.165) is 23.3 Å². The molecule has 0 aliphatic carbocycles. The van der Waals surface area contributed by atoms with Gasteiger partial charge in [-0.15, -0.1) is 12.4 Å². The first-order chi connectivity index (χ1) is 18.8. The van der Waals surface area contributed by atoms with E-state index >= 15 is 0 Å². The number of methoxy groups -OCH3 is 2. The van der Waals surface area contributed by atoms with E-state index in [1.807, 2.05) is 0 Å². The number of amides is 1. The molecule has 0 fully saturated rings. The summed E-state index contributed by atoms with van der Waals surface area (Å²) in [6.07, 6.45) is 1.38. The first-order valence-corrected chi connectivity index (χ1v) is 12.7. The molecule has 3 aromatic rings. The number of carbonyl (C=O) groups excluding carboxylic acids is 3. The fourth-order valence-electron chi connectivity index (χ4n) is 4.34. The predicted molar refractivity (Wildman–Crippen MR) is 165 cm³/mol. The Morgan fingerprint density at radius 2 is 1.38 bits per heavy atom. The number of carbonyl (C=O) groups is 3. The van der Waals surface area contributed by atoms with Gasteiger partial charge in [-0.1, -0.05) is 31.2 Å². The minimum absolute atomic E-state index is 0. The quantitative estimate of drug-likeness (QED) is 0.263. The summed E-state index contributed by atoms with van der Waals surface area (Å²) in [6, 6.07) is 16.8. The Morgan fingerprint density at radius 3 is 1.95 bits per heavy atom. The minimum Gasteiger partial charge on any atom is -0.493 e. The molecule has 0 unspecified atom stereocenters. The molecular formula is C31H37Cl2N2O7-. The van der Waals surface area contributed by atoms with Gasteiger partial charge in [0.15, 0.2) is 0 Å². The number of hydrogen-bond donors (Lipinski definition) is 2. The number of nitrogens with two attached hydrogens (primary N) is 1. The number of rotatable bonds is 4. The van der Waals surface area contributed by atoms with Gasteiger partial charge in [-0.3, -0.25) is 4.79 Å². The zero-order valence-corrected chi connectivity index (χ0v) is 24.6. The monoisotopic (exact) mass is 619 g/mol. The molecule has 42 heavy (non-hydrogen) atoms. The molecule has 0 saturated carbocycles. The van der Waals surface area contributed by atoms with Gasteiger partial charge < -0.3 is 37.4 Å². The third-order valence-corrected chi connectivity index (χ3v) is 6.74. The van der Waals surface area contributed by atoms with Crippen molar-refractivity contribution in [1.29, 1.82) is 0 Å². The van der Waals surface area contributed by atoms with Crippen molar-refractivity contribution in [3.05, 3.63) is 101 Å². The van der Waals surface area contributed by atoms with Gasteiger partial charge in [-0.25, -0.2) is 9.59 Å². The van der Waals surface area contributed by atoms with Crippen molar-refractivity contribution in [2.75, 3.05) is 27.4 Å². The van der Waals surface area contributed by atoms with Crippen molar-refractivity contribution >= 4 is 41.9 Å². The van der Waals surface area contributed by atoms with Crippen molar-refractivity contribution in [2.45, 2.75) is 32.4 Å². The Balaban J connectivity index is 0.000000428. The number of ether oxygens (including phenoxy) is 4. The van der Waals surface area contributed by atoms with Gasteiger partial charge in [0.25, 0.3) is 5.91 Å². The molecule has 2 heterocycles. The Kier molecular flexibility index (Phi) is 14.3. The minimum atomic E-state index is -0.431. The SMILES string of the molecule is C.COC(=O)c1ccc2c(c1)[C@H](N)CCO2.COC(=O)c1ccc2c(c1)[C@H](NC(=O)c1ccccc1Cl)CCO2.Cl.[CH3-]. The van der Waals surface area contributed by atoms with Gasteiger partial charge in [0.1, 0.15) is 11.5 Å². The molecule has 9 nitrogen and oxygen atoms in total. The van der Waals surface area contributed by atoms with Crippen LogP contribution in [0.4, 0.5) is 0 Å². The van der Waals surface area contributed by atoms with Crippen LogP contribution >= 0.6 is 24.0 Å². The van der Waals surface area contributed by atoms with Crippen LogP contribution in [-0.2, 0) is 9.47 Å². The van der Waals surface area contributed by atoms with E-state index < -0.39 is 5.97 Å². The second-order valence-corrected chi connectivity index (χ2v) is 9.28. The fraction of sp³-hybridized carbons (Fsp3) is 0.290. The molecule has 3 aromatic carbocycles. The normalized spacial score (nSPS) is 15.8. The third-order valence-electron chi connectivity index (χ3n) is 6.41. The summed E-state index contributed by atoms with van der Waals surface area (Å²) in [5.74, 6) is 0.372. The van der Waals surface area contributed by atoms with Crippen LogP contribution in [0, 0.1) is 7.43 Å². The van der Waals surface area contributed by atoms with Gasteiger partial charge in [0.05, 0.1) is 55.2 Å². The lowest BCUT2D eigenvalue weighted by molar-refractivity contribution is 0.0591. The van der Waals surface area contributed by atoms with Crippen LogP contribution in [0.15, 0.2) is 60.7 Å². The average molecular weight is 621 g/mol. The maximum Gasteiger partial charge on any atom is 0.337 e. The highest BCUT2D eigenvalue weighted by molar-refractivity contribution is 6.33. The molecule has 0 aromatic heterocycles. The molecule has 3 N–H and O–H groups in total. The molecule has 0 radical (unpaired) electrons. The van der Waals surface area contributed by atoms with Crippen LogP contribution in [0.5, 0.6) is 11.5 Å². The molecule has 1 amide bonds. The highest BCUT2D eigenvalue weighted by atomic mass is 35.5. The summed E-state index contributed by atoms with van der Waals surface area (Å²) in [7, 11) is 2.69. The van der Waals surface area contributed by atoms with Gasteiger partial charge in [-0.2, -0.15) is 0 Å². The zero-order valence-electron chi connectivity index (χ0n) is 23.0. The van der Waals surface area contributed by atoms with Crippen LogP contribution in [0.3, 0.4) is 0 Å². The van der Waals surface area contributed by atoms with Crippen LogP contribution in [0.25, 0.3) is 0 Å². The summed E-state index contributed by atoms with van der Waals surface area (Å²) >= 11 is 6.08. The first kappa shape index (κ1) is 36.2. The highest BCUT2D eigenvalue weighted by Crippen LogP contribution is 2.34. The van der Waals surface area contributed by atoms with Crippen molar-refractivity contribution in [2.24, 2.45) is 5.73 Å². The number of esters is 2. The van der Waals surface area contributed by atoms with Crippen LogP contribution in [-0.4, -0.2) is 45.3 Å². The lowest BCUT2D eigenvalue weighted by atomic mass is 9.97. The molecule has 5 rings (SSSR count). The summed E-state index contributed by atoms with van der Waals surface area (Å²) in [5, 5.41) is 3.35. The van der Waals surface area contributed by atoms with E-state index in [1.165, 1.54) is 14.2 Å². The first-order valence-electron chi connectivity index (χ1n) is 12.3. The van der Waals surface area contributed by atoms with Gasteiger partial charge in [0.2, 0.25) is 0 Å². The second kappa shape index (κ2) is 16.6.